The summed E-state index contributed by atoms with van der Waals surface area (Å²) in [6.07, 6.45) is 1.20. The summed E-state index contributed by atoms with van der Waals surface area (Å²) in [7, 11) is -1.44. The van der Waals surface area contributed by atoms with E-state index in [0.717, 1.165) is 45.2 Å². The van der Waals surface area contributed by atoms with Crippen LogP contribution in [0.25, 0.3) is 0 Å². The lowest BCUT2D eigenvalue weighted by atomic mass is 9.92. The van der Waals surface area contributed by atoms with Gasteiger partial charge in [0.15, 0.2) is 15.8 Å². The molecule has 9 heteroatoms. The SMILES string of the molecule is CN=C(NCCS(=O)(=O)C(C)(C)C)N1CCN(CC(=O)N2CC(C)CC(C)C2)CC1. The number of likely N-dealkylation sites (tertiary alicyclic amines) is 1. The molecule has 0 aromatic rings. The van der Waals surface area contributed by atoms with Crippen molar-refractivity contribution in [3.05, 3.63) is 0 Å². The van der Waals surface area contributed by atoms with Gasteiger partial charge in [0.2, 0.25) is 5.91 Å². The van der Waals surface area contributed by atoms with Crippen LogP contribution in [0.4, 0.5) is 0 Å². The maximum Gasteiger partial charge on any atom is 0.236 e. The number of rotatable bonds is 5. The second kappa shape index (κ2) is 10.3. The topological polar surface area (TPSA) is 85.3 Å². The smallest absolute Gasteiger partial charge is 0.236 e. The number of piperidine rings is 1. The van der Waals surface area contributed by atoms with Crippen LogP contribution in [-0.2, 0) is 14.6 Å². The van der Waals surface area contributed by atoms with Crippen molar-refractivity contribution in [1.29, 1.82) is 0 Å². The molecular weight excluding hydrogens is 402 g/mol. The molecule has 2 atom stereocenters. The van der Waals surface area contributed by atoms with Gasteiger partial charge in [0.25, 0.3) is 0 Å². The van der Waals surface area contributed by atoms with Crippen LogP contribution >= 0.6 is 0 Å². The van der Waals surface area contributed by atoms with Crippen molar-refractivity contribution in [3.8, 4) is 0 Å². The van der Waals surface area contributed by atoms with Gasteiger partial charge in [-0.3, -0.25) is 14.7 Å². The molecule has 2 rings (SSSR count). The Kier molecular flexibility index (Phi) is 8.56. The molecular formula is C21H41N5O3S. The summed E-state index contributed by atoms with van der Waals surface area (Å²) in [5.41, 5.74) is 0. The molecule has 0 aliphatic carbocycles. The summed E-state index contributed by atoms with van der Waals surface area (Å²) in [5.74, 6) is 2.19. The van der Waals surface area contributed by atoms with E-state index < -0.39 is 14.6 Å². The molecule has 2 aliphatic heterocycles. The third-order valence-electron chi connectivity index (χ3n) is 6.05. The standard InChI is InChI=1S/C21H41N5O3S/c1-17-13-18(2)15-26(14-17)19(27)16-24-8-10-25(11-9-24)20(22-6)23-7-12-30(28,29)21(3,4)5/h17-18H,7-16H2,1-6H3,(H,22,23). The van der Waals surface area contributed by atoms with Crippen LogP contribution in [0.2, 0.25) is 0 Å². The third-order valence-corrected chi connectivity index (χ3v) is 8.66. The Bertz CT molecular complexity index is 699. The Morgan fingerprint density at radius 1 is 1.03 bits per heavy atom. The van der Waals surface area contributed by atoms with E-state index in [0.29, 0.717) is 24.9 Å². The quantitative estimate of drug-likeness (QED) is 0.502. The largest absolute Gasteiger partial charge is 0.355 e. The van der Waals surface area contributed by atoms with Crippen LogP contribution in [0, 0.1) is 11.8 Å². The van der Waals surface area contributed by atoms with Gasteiger partial charge in [-0.25, -0.2) is 8.42 Å². The lowest BCUT2D eigenvalue weighted by molar-refractivity contribution is -0.135. The van der Waals surface area contributed by atoms with E-state index >= 15 is 0 Å². The number of piperazine rings is 1. The molecule has 8 nitrogen and oxygen atoms in total. The Morgan fingerprint density at radius 2 is 1.60 bits per heavy atom. The molecule has 0 bridgehead atoms. The first-order valence-corrected chi connectivity index (χ1v) is 12.8. The fourth-order valence-electron chi connectivity index (χ4n) is 4.21. The Labute approximate surface area is 183 Å². The van der Waals surface area contributed by atoms with Gasteiger partial charge in [-0.2, -0.15) is 0 Å². The molecule has 0 aromatic carbocycles. The van der Waals surface area contributed by atoms with Gasteiger partial charge >= 0.3 is 0 Å². The molecule has 0 aromatic heterocycles. The number of nitrogens with one attached hydrogen (secondary N) is 1. The van der Waals surface area contributed by atoms with E-state index in [1.165, 1.54) is 6.42 Å². The molecule has 2 heterocycles. The van der Waals surface area contributed by atoms with Crippen LogP contribution in [0.15, 0.2) is 4.99 Å². The zero-order valence-corrected chi connectivity index (χ0v) is 20.5. The normalized spacial score (nSPS) is 24.8. The fourth-order valence-corrected chi connectivity index (χ4v) is 5.19. The summed E-state index contributed by atoms with van der Waals surface area (Å²) in [5, 5.41) is 3.19. The van der Waals surface area contributed by atoms with Gasteiger partial charge in [-0.1, -0.05) is 13.8 Å². The zero-order valence-electron chi connectivity index (χ0n) is 19.6. The minimum Gasteiger partial charge on any atom is -0.355 e. The predicted octanol–water partition coefficient (Wildman–Crippen LogP) is 0.897. The number of carbonyl (C=O) groups is 1. The van der Waals surface area contributed by atoms with Crippen molar-refractivity contribution in [3.63, 3.8) is 0 Å². The van der Waals surface area contributed by atoms with Crippen LogP contribution in [0.5, 0.6) is 0 Å². The maximum atomic E-state index is 12.7. The molecule has 2 aliphatic rings. The van der Waals surface area contributed by atoms with Crippen LogP contribution in [0.1, 0.15) is 41.0 Å². The first-order valence-electron chi connectivity index (χ1n) is 11.1. The van der Waals surface area contributed by atoms with E-state index in [9.17, 15) is 13.2 Å². The van der Waals surface area contributed by atoms with E-state index in [4.69, 9.17) is 0 Å². The molecule has 0 radical (unpaired) electrons. The monoisotopic (exact) mass is 443 g/mol. The Morgan fingerprint density at radius 3 is 2.10 bits per heavy atom. The minimum absolute atomic E-state index is 0.0800. The van der Waals surface area contributed by atoms with Crippen LogP contribution < -0.4 is 5.32 Å². The summed E-state index contributed by atoms with van der Waals surface area (Å²) in [6.45, 7) is 15.3. The summed E-state index contributed by atoms with van der Waals surface area (Å²) < 4.78 is 23.8. The highest BCUT2D eigenvalue weighted by molar-refractivity contribution is 7.92. The molecule has 0 saturated carbocycles. The lowest BCUT2D eigenvalue weighted by Gasteiger charge is -2.39. The first-order chi connectivity index (χ1) is 13.9. The fraction of sp³-hybridized carbons (Fsp3) is 0.905. The lowest BCUT2D eigenvalue weighted by Crippen LogP contribution is -2.55. The van der Waals surface area contributed by atoms with E-state index in [2.05, 4.69) is 34.0 Å². The van der Waals surface area contributed by atoms with Crippen molar-refractivity contribution >= 4 is 21.7 Å². The van der Waals surface area contributed by atoms with Crippen LogP contribution in [0.3, 0.4) is 0 Å². The highest BCUT2D eigenvalue weighted by Crippen LogP contribution is 2.21. The number of aliphatic imine (C=N–C) groups is 1. The molecule has 2 saturated heterocycles. The molecule has 1 amide bonds. The highest BCUT2D eigenvalue weighted by atomic mass is 32.2. The summed E-state index contributed by atoms with van der Waals surface area (Å²) in [6, 6.07) is 0. The second-order valence-electron chi connectivity index (χ2n) is 9.91. The average molecular weight is 444 g/mol. The van der Waals surface area contributed by atoms with Crippen molar-refractivity contribution < 1.29 is 13.2 Å². The van der Waals surface area contributed by atoms with E-state index in [1.54, 1.807) is 27.8 Å². The van der Waals surface area contributed by atoms with Gasteiger partial charge in [-0.15, -0.1) is 0 Å². The van der Waals surface area contributed by atoms with E-state index in [1.807, 2.05) is 4.90 Å². The maximum absolute atomic E-state index is 12.7. The zero-order chi connectivity index (χ0) is 22.5. The minimum atomic E-state index is -3.16. The molecule has 0 spiro atoms. The number of hydrogen-bond donors (Lipinski definition) is 1. The number of guanidine groups is 1. The van der Waals surface area contributed by atoms with Gasteiger partial charge in [0.05, 0.1) is 17.0 Å². The number of hydrogen-bond acceptors (Lipinski definition) is 5. The van der Waals surface area contributed by atoms with Crippen molar-refractivity contribution in [2.75, 3.05) is 65.2 Å². The first kappa shape index (κ1) is 24.9. The van der Waals surface area contributed by atoms with Gasteiger partial charge in [0, 0.05) is 52.9 Å². The van der Waals surface area contributed by atoms with E-state index in [-0.39, 0.29) is 11.7 Å². The van der Waals surface area contributed by atoms with Gasteiger partial charge < -0.3 is 15.1 Å². The van der Waals surface area contributed by atoms with Crippen molar-refractivity contribution in [2.45, 2.75) is 45.8 Å². The summed E-state index contributed by atoms with van der Waals surface area (Å²) >= 11 is 0. The van der Waals surface area contributed by atoms with Gasteiger partial charge in [0.1, 0.15) is 0 Å². The molecule has 30 heavy (non-hydrogen) atoms. The molecule has 174 valence electrons. The second-order valence-corrected chi connectivity index (χ2v) is 12.8. The molecule has 1 N–H and O–H groups in total. The number of carbonyl (C=O) groups excluding carboxylic acids is 1. The molecule has 2 fully saturated rings. The average Bonchev–Trinajstić information content (AvgIpc) is 2.64. The van der Waals surface area contributed by atoms with Crippen molar-refractivity contribution in [1.82, 2.24) is 20.0 Å². The Balaban J connectivity index is 1.77. The van der Waals surface area contributed by atoms with Gasteiger partial charge in [-0.05, 0) is 39.0 Å². The number of nitrogens with zero attached hydrogens (tertiary/aromatic N) is 4. The molecule has 2 unspecified atom stereocenters. The predicted molar refractivity (Wildman–Crippen MR) is 122 cm³/mol. The summed E-state index contributed by atoms with van der Waals surface area (Å²) in [4.78, 5) is 23.4. The Hall–Kier alpha value is -1.35. The number of amides is 1. The third kappa shape index (κ3) is 6.83. The van der Waals surface area contributed by atoms with Crippen LogP contribution in [-0.4, -0.2) is 105 Å². The number of sulfone groups is 1. The van der Waals surface area contributed by atoms with Crippen molar-refractivity contribution in [2.24, 2.45) is 16.8 Å². The highest BCUT2D eigenvalue weighted by Gasteiger charge is 2.30.